The van der Waals surface area contributed by atoms with E-state index in [1.54, 1.807) is 11.3 Å². The minimum absolute atomic E-state index is 0.741. The summed E-state index contributed by atoms with van der Waals surface area (Å²) in [5.41, 5.74) is 3.96. The van der Waals surface area contributed by atoms with E-state index in [-0.39, 0.29) is 0 Å². The first-order valence-electron chi connectivity index (χ1n) is 4.32. The van der Waals surface area contributed by atoms with E-state index < -0.39 is 0 Å². The second-order valence-corrected chi connectivity index (χ2v) is 5.36. The van der Waals surface area contributed by atoms with Gasteiger partial charge in [-0.25, -0.2) is 4.98 Å². The van der Waals surface area contributed by atoms with Crippen LogP contribution in [0.2, 0.25) is 0 Å². The Hall–Kier alpha value is -0.390. The van der Waals surface area contributed by atoms with Crippen LogP contribution in [0.15, 0.2) is 38.0 Å². The molecule has 2 aromatic rings. The van der Waals surface area contributed by atoms with Crippen molar-refractivity contribution in [3.05, 3.63) is 43.7 Å². The highest BCUT2D eigenvalue weighted by Crippen LogP contribution is 2.30. The lowest BCUT2D eigenvalue weighted by Gasteiger charge is -2.08. The highest BCUT2D eigenvalue weighted by Gasteiger charge is 2.04. The lowest BCUT2D eigenvalue weighted by Crippen LogP contribution is -2.00. The van der Waals surface area contributed by atoms with Crippen LogP contribution in [0, 0.1) is 0 Å². The number of para-hydroxylation sites is 1. The van der Waals surface area contributed by atoms with Crippen molar-refractivity contribution in [1.29, 1.82) is 0 Å². The fourth-order valence-corrected chi connectivity index (χ4v) is 3.01. The van der Waals surface area contributed by atoms with Crippen LogP contribution >= 0.6 is 43.2 Å². The van der Waals surface area contributed by atoms with Gasteiger partial charge in [0.2, 0.25) is 0 Å². The summed E-state index contributed by atoms with van der Waals surface area (Å²) in [6.07, 6.45) is 0. The van der Waals surface area contributed by atoms with Gasteiger partial charge in [-0.15, -0.1) is 11.3 Å². The molecule has 1 aromatic carbocycles. The lowest BCUT2D eigenvalue weighted by atomic mass is 10.3. The van der Waals surface area contributed by atoms with Gasteiger partial charge in [0.25, 0.3) is 0 Å². The zero-order valence-corrected chi connectivity index (χ0v) is 11.7. The second kappa shape index (κ2) is 5.09. The SMILES string of the molecule is Brc1cccc(Br)c1NCc1cscn1. The van der Waals surface area contributed by atoms with Crippen molar-refractivity contribution >= 4 is 48.9 Å². The molecule has 0 unspecified atom stereocenters. The van der Waals surface area contributed by atoms with E-state index in [0.29, 0.717) is 0 Å². The standard InChI is InChI=1S/C10H8Br2N2S/c11-8-2-1-3-9(12)10(8)13-4-7-5-15-6-14-7/h1-3,5-6,13H,4H2. The van der Waals surface area contributed by atoms with Crippen LogP contribution in [-0.2, 0) is 6.54 Å². The third-order valence-electron chi connectivity index (χ3n) is 1.89. The smallest absolute Gasteiger partial charge is 0.0795 e. The maximum absolute atomic E-state index is 4.22. The molecule has 1 N–H and O–H groups in total. The first-order valence-corrected chi connectivity index (χ1v) is 6.85. The zero-order valence-electron chi connectivity index (χ0n) is 7.71. The fourth-order valence-electron chi connectivity index (χ4n) is 1.17. The number of nitrogens with zero attached hydrogens (tertiary/aromatic N) is 1. The predicted molar refractivity (Wildman–Crippen MR) is 71.3 cm³/mol. The van der Waals surface area contributed by atoms with Crippen LogP contribution in [0.3, 0.4) is 0 Å². The third kappa shape index (κ3) is 2.80. The molecular formula is C10H8Br2N2S. The van der Waals surface area contributed by atoms with Crippen molar-refractivity contribution in [2.75, 3.05) is 5.32 Å². The van der Waals surface area contributed by atoms with Crippen LogP contribution in [0.4, 0.5) is 5.69 Å². The molecule has 2 rings (SSSR count). The molecule has 1 aromatic heterocycles. The summed E-state index contributed by atoms with van der Waals surface area (Å²) in [6.45, 7) is 0.741. The molecule has 2 nitrogen and oxygen atoms in total. The maximum atomic E-state index is 4.22. The van der Waals surface area contributed by atoms with Gasteiger partial charge in [0.05, 0.1) is 23.4 Å². The monoisotopic (exact) mass is 346 g/mol. The van der Waals surface area contributed by atoms with Crippen molar-refractivity contribution < 1.29 is 0 Å². The van der Waals surface area contributed by atoms with E-state index >= 15 is 0 Å². The molecule has 0 saturated heterocycles. The van der Waals surface area contributed by atoms with Crippen LogP contribution in [0.5, 0.6) is 0 Å². The Morgan fingerprint density at radius 2 is 2.00 bits per heavy atom. The molecule has 0 saturated carbocycles. The first-order chi connectivity index (χ1) is 7.27. The number of hydrogen-bond donors (Lipinski definition) is 1. The summed E-state index contributed by atoms with van der Waals surface area (Å²) in [6, 6.07) is 6.00. The van der Waals surface area contributed by atoms with Gasteiger partial charge in [-0.2, -0.15) is 0 Å². The van der Waals surface area contributed by atoms with Crippen molar-refractivity contribution in [3.8, 4) is 0 Å². The Morgan fingerprint density at radius 1 is 1.27 bits per heavy atom. The summed E-state index contributed by atoms with van der Waals surface area (Å²) in [5, 5.41) is 5.37. The highest BCUT2D eigenvalue weighted by atomic mass is 79.9. The van der Waals surface area contributed by atoms with Gasteiger partial charge in [0, 0.05) is 14.3 Å². The number of aromatic nitrogens is 1. The van der Waals surface area contributed by atoms with E-state index in [4.69, 9.17) is 0 Å². The molecule has 0 spiro atoms. The third-order valence-corrected chi connectivity index (χ3v) is 3.85. The first kappa shape index (κ1) is 11.1. The fraction of sp³-hybridized carbons (Fsp3) is 0.100. The summed E-state index contributed by atoms with van der Waals surface area (Å²) >= 11 is 8.61. The van der Waals surface area contributed by atoms with Crippen molar-refractivity contribution in [1.82, 2.24) is 4.98 Å². The Balaban J connectivity index is 2.11. The average Bonchev–Trinajstić information content (AvgIpc) is 2.70. The van der Waals surface area contributed by atoms with Crippen molar-refractivity contribution in [3.63, 3.8) is 0 Å². The van der Waals surface area contributed by atoms with Gasteiger partial charge in [-0.1, -0.05) is 6.07 Å². The van der Waals surface area contributed by atoms with E-state index in [2.05, 4.69) is 42.2 Å². The Kier molecular flexibility index (Phi) is 3.77. The Labute approximate surface area is 109 Å². The predicted octanol–water partition coefficient (Wildman–Crippen LogP) is 4.28. The van der Waals surface area contributed by atoms with Gasteiger partial charge in [0.15, 0.2) is 0 Å². The Bertz CT molecular complexity index is 422. The summed E-state index contributed by atoms with van der Waals surface area (Å²) in [4.78, 5) is 4.22. The molecule has 1 heterocycles. The van der Waals surface area contributed by atoms with E-state index in [9.17, 15) is 0 Å². The number of benzene rings is 1. The summed E-state index contributed by atoms with van der Waals surface area (Å²) < 4.78 is 2.10. The van der Waals surface area contributed by atoms with Crippen LogP contribution in [0.1, 0.15) is 5.69 Å². The van der Waals surface area contributed by atoms with E-state index in [0.717, 1.165) is 26.9 Å². The summed E-state index contributed by atoms with van der Waals surface area (Å²) in [7, 11) is 0. The number of anilines is 1. The summed E-state index contributed by atoms with van der Waals surface area (Å²) in [5.74, 6) is 0. The molecule has 15 heavy (non-hydrogen) atoms. The zero-order chi connectivity index (χ0) is 10.7. The van der Waals surface area contributed by atoms with Crippen molar-refractivity contribution in [2.45, 2.75) is 6.54 Å². The van der Waals surface area contributed by atoms with Gasteiger partial charge in [-0.05, 0) is 44.0 Å². The number of rotatable bonds is 3. The molecule has 0 aliphatic carbocycles. The minimum atomic E-state index is 0.741. The molecule has 0 bridgehead atoms. The topological polar surface area (TPSA) is 24.9 Å². The van der Waals surface area contributed by atoms with Crippen molar-refractivity contribution in [2.24, 2.45) is 0 Å². The molecule has 0 atom stereocenters. The van der Waals surface area contributed by atoms with E-state index in [1.165, 1.54) is 0 Å². The van der Waals surface area contributed by atoms with E-state index in [1.807, 2.05) is 29.1 Å². The Morgan fingerprint density at radius 3 is 2.60 bits per heavy atom. The quantitative estimate of drug-likeness (QED) is 0.896. The molecule has 5 heteroatoms. The molecule has 0 radical (unpaired) electrons. The highest BCUT2D eigenvalue weighted by molar-refractivity contribution is 9.11. The minimum Gasteiger partial charge on any atom is -0.378 e. The second-order valence-electron chi connectivity index (χ2n) is 2.93. The van der Waals surface area contributed by atoms with Crippen LogP contribution in [0.25, 0.3) is 0 Å². The number of halogens is 2. The van der Waals surface area contributed by atoms with Gasteiger partial charge in [-0.3, -0.25) is 0 Å². The molecule has 78 valence electrons. The van der Waals surface area contributed by atoms with Gasteiger partial charge < -0.3 is 5.32 Å². The molecule has 0 aliphatic rings. The van der Waals surface area contributed by atoms with Crippen LogP contribution in [-0.4, -0.2) is 4.98 Å². The molecule has 0 fully saturated rings. The largest absolute Gasteiger partial charge is 0.378 e. The normalized spacial score (nSPS) is 10.3. The van der Waals surface area contributed by atoms with Gasteiger partial charge in [0.1, 0.15) is 0 Å². The molecule has 0 aliphatic heterocycles. The van der Waals surface area contributed by atoms with Gasteiger partial charge >= 0.3 is 0 Å². The number of nitrogens with one attached hydrogen (secondary N) is 1. The molecule has 0 amide bonds. The number of hydrogen-bond acceptors (Lipinski definition) is 3. The van der Waals surface area contributed by atoms with Crippen LogP contribution < -0.4 is 5.32 Å². The molecular weight excluding hydrogens is 340 g/mol. The average molecular weight is 348 g/mol. The maximum Gasteiger partial charge on any atom is 0.0795 e. The lowest BCUT2D eigenvalue weighted by molar-refractivity contribution is 1.07. The number of thiazole rings is 1.